The molecule has 0 bridgehead atoms. The van der Waals surface area contributed by atoms with E-state index in [0.29, 0.717) is 35.0 Å². The summed E-state index contributed by atoms with van der Waals surface area (Å²) >= 11 is 0. The molecule has 1 atom stereocenters. The predicted octanol–water partition coefficient (Wildman–Crippen LogP) is 5.44. The first-order valence-corrected chi connectivity index (χ1v) is 12.5. The van der Waals surface area contributed by atoms with Crippen LogP contribution in [-0.2, 0) is 16.1 Å². The molecule has 5 rings (SSSR count). The molecular formula is C30H29N3O4. The van der Waals surface area contributed by atoms with Gasteiger partial charge in [-0.25, -0.2) is 4.98 Å². The number of carbonyl (C=O) groups excluding carboxylic acids is 2. The smallest absolute Gasteiger partial charge is 0.295 e. The molecule has 37 heavy (non-hydrogen) atoms. The monoisotopic (exact) mass is 495 g/mol. The molecule has 1 amide bonds. The lowest BCUT2D eigenvalue weighted by Gasteiger charge is -2.26. The van der Waals surface area contributed by atoms with Gasteiger partial charge in [-0.3, -0.25) is 14.0 Å². The number of Topliss-reactive ketones (excluding diaryl/α,β-unsaturated/α-hetero) is 1. The van der Waals surface area contributed by atoms with Crippen molar-refractivity contribution in [1.82, 2.24) is 14.3 Å². The van der Waals surface area contributed by atoms with Crippen LogP contribution in [0, 0.1) is 6.92 Å². The zero-order chi connectivity index (χ0) is 25.9. The summed E-state index contributed by atoms with van der Waals surface area (Å²) in [5, 5.41) is 11.6. The van der Waals surface area contributed by atoms with Crippen LogP contribution in [0.25, 0.3) is 11.4 Å². The number of pyridine rings is 1. The van der Waals surface area contributed by atoms with Crippen LogP contribution in [0.2, 0.25) is 0 Å². The van der Waals surface area contributed by atoms with Gasteiger partial charge in [0.1, 0.15) is 17.1 Å². The highest BCUT2D eigenvalue weighted by atomic mass is 16.5. The normalized spacial score (nSPS) is 17.0. The number of unbranched alkanes of at least 4 members (excludes halogenated alkanes) is 1. The molecule has 1 aliphatic heterocycles. The number of rotatable bonds is 8. The average Bonchev–Trinajstić information content (AvgIpc) is 3.37. The first-order valence-electron chi connectivity index (χ1n) is 12.5. The fourth-order valence-corrected chi connectivity index (χ4v) is 4.80. The molecule has 1 N–H and O–H groups in total. The van der Waals surface area contributed by atoms with Crippen molar-refractivity contribution in [3.8, 4) is 5.75 Å². The third kappa shape index (κ3) is 4.60. The van der Waals surface area contributed by atoms with E-state index < -0.39 is 17.7 Å². The van der Waals surface area contributed by atoms with E-state index in [9.17, 15) is 14.7 Å². The molecule has 1 aliphatic rings. The number of amides is 1. The maximum atomic E-state index is 13.5. The van der Waals surface area contributed by atoms with Crippen molar-refractivity contribution in [2.45, 2.75) is 39.3 Å². The van der Waals surface area contributed by atoms with Crippen molar-refractivity contribution in [1.29, 1.82) is 0 Å². The van der Waals surface area contributed by atoms with E-state index in [4.69, 9.17) is 4.74 Å². The maximum absolute atomic E-state index is 13.5. The highest BCUT2D eigenvalue weighted by Crippen LogP contribution is 2.41. The zero-order valence-corrected chi connectivity index (χ0v) is 20.9. The third-order valence-corrected chi connectivity index (χ3v) is 6.60. The number of imidazole rings is 1. The molecule has 1 fully saturated rings. The number of hydrogen-bond acceptors (Lipinski definition) is 5. The number of ether oxygens (including phenoxy) is 1. The Hall–Kier alpha value is -4.39. The van der Waals surface area contributed by atoms with Gasteiger partial charge in [0.05, 0.1) is 23.9 Å². The first kappa shape index (κ1) is 24.3. The second kappa shape index (κ2) is 10.3. The molecule has 2 aromatic carbocycles. The van der Waals surface area contributed by atoms with E-state index >= 15 is 0 Å². The number of nitrogens with zero attached hydrogens (tertiary/aromatic N) is 3. The van der Waals surface area contributed by atoms with Gasteiger partial charge in [0.25, 0.3) is 11.7 Å². The number of aryl methyl sites for hydroxylation is 1. The van der Waals surface area contributed by atoms with Crippen LogP contribution in [-0.4, -0.2) is 37.7 Å². The number of benzene rings is 2. The number of ketones is 1. The van der Waals surface area contributed by atoms with E-state index in [1.165, 1.54) is 4.90 Å². The Morgan fingerprint density at radius 3 is 2.59 bits per heavy atom. The van der Waals surface area contributed by atoms with Crippen molar-refractivity contribution in [2.24, 2.45) is 0 Å². The van der Waals surface area contributed by atoms with E-state index in [1.807, 2.05) is 72.8 Å². The van der Waals surface area contributed by atoms with Gasteiger partial charge in [-0.1, -0.05) is 61.9 Å². The minimum atomic E-state index is -0.788. The second-order valence-corrected chi connectivity index (χ2v) is 9.16. The number of aliphatic hydroxyl groups is 1. The van der Waals surface area contributed by atoms with Gasteiger partial charge in [-0.2, -0.15) is 0 Å². The first-order chi connectivity index (χ1) is 18.0. The molecule has 0 spiro atoms. The van der Waals surface area contributed by atoms with Crippen molar-refractivity contribution in [3.63, 3.8) is 0 Å². The topological polar surface area (TPSA) is 84.1 Å². The standard InChI is InChI=1S/C30H29N3O4/c1-3-4-17-37-23-14-10-13-22(18-23)27-25(28(34)26-20(2)31-24-15-8-9-16-32(24)26)29(35)30(36)33(27)19-21-11-6-5-7-12-21/h5-16,18,27,34H,3-4,17,19H2,1-2H3. The molecule has 7 heteroatoms. The van der Waals surface area contributed by atoms with Crippen LogP contribution < -0.4 is 4.74 Å². The SMILES string of the molecule is CCCCOc1cccc(C2C(=C(O)c3c(C)nc4ccccn34)C(=O)C(=O)N2Cc2ccccc2)c1. The maximum Gasteiger partial charge on any atom is 0.295 e. The summed E-state index contributed by atoms with van der Waals surface area (Å²) in [6, 6.07) is 21.6. The fraction of sp³-hybridized carbons (Fsp3) is 0.233. The van der Waals surface area contributed by atoms with E-state index in [1.54, 1.807) is 17.5 Å². The van der Waals surface area contributed by atoms with Crippen molar-refractivity contribution >= 4 is 23.1 Å². The molecule has 188 valence electrons. The Labute approximate surface area is 215 Å². The highest BCUT2D eigenvalue weighted by molar-refractivity contribution is 6.46. The van der Waals surface area contributed by atoms with Gasteiger partial charge in [-0.05, 0) is 48.7 Å². The molecule has 2 aromatic heterocycles. The zero-order valence-electron chi connectivity index (χ0n) is 20.9. The van der Waals surface area contributed by atoms with Crippen LogP contribution in [0.1, 0.15) is 48.3 Å². The van der Waals surface area contributed by atoms with Gasteiger partial charge < -0.3 is 14.7 Å². The second-order valence-electron chi connectivity index (χ2n) is 9.16. The van der Waals surface area contributed by atoms with E-state index in [-0.39, 0.29) is 17.9 Å². The Kier molecular flexibility index (Phi) is 6.77. The molecule has 0 aliphatic carbocycles. The number of hydrogen-bond donors (Lipinski definition) is 1. The predicted molar refractivity (Wildman–Crippen MR) is 141 cm³/mol. The third-order valence-electron chi connectivity index (χ3n) is 6.60. The summed E-state index contributed by atoms with van der Waals surface area (Å²) in [5.74, 6) is -0.963. The van der Waals surface area contributed by atoms with Gasteiger partial charge in [0.15, 0.2) is 5.76 Å². The minimum absolute atomic E-state index is 0.0420. The number of aromatic nitrogens is 2. The van der Waals surface area contributed by atoms with Crippen LogP contribution in [0.5, 0.6) is 5.75 Å². The lowest BCUT2D eigenvalue weighted by Crippen LogP contribution is -2.29. The summed E-state index contributed by atoms with van der Waals surface area (Å²) in [5.41, 5.74) is 3.22. The molecule has 1 saturated heterocycles. The van der Waals surface area contributed by atoms with Crippen LogP contribution in [0.15, 0.2) is 84.6 Å². The summed E-state index contributed by atoms with van der Waals surface area (Å²) in [6.07, 6.45) is 3.71. The number of fused-ring (bicyclic) bond motifs is 1. The lowest BCUT2D eigenvalue weighted by molar-refractivity contribution is -0.140. The van der Waals surface area contributed by atoms with Gasteiger partial charge in [0, 0.05) is 12.7 Å². The molecule has 7 nitrogen and oxygen atoms in total. The Balaban J connectivity index is 1.66. The van der Waals surface area contributed by atoms with Gasteiger partial charge >= 0.3 is 0 Å². The summed E-state index contributed by atoms with van der Waals surface area (Å²) in [7, 11) is 0. The molecule has 4 aromatic rings. The Morgan fingerprint density at radius 1 is 1.03 bits per heavy atom. The quantitative estimate of drug-likeness (QED) is 0.152. The fourth-order valence-electron chi connectivity index (χ4n) is 4.80. The van der Waals surface area contributed by atoms with Crippen molar-refractivity contribution in [2.75, 3.05) is 6.61 Å². The molecule has 3 heterocycles. The van der Waals surface area contributed by atoms with Crippen LogP contribution >= 0.6 is 0 Å². The highest BCUT2D eigenvalue weighted by Gasteiger charge is 2.46. The van der Waals surface area contributed by atoms with Crippen LogP contribution in [0.4, 0.5) is 0 Å². The number of carbonyl (C=O) groups is 2. The van der Waals surface area contributed by atoms with Crippen molar-refractivity contribution < 1.29 is 19.4 Å². The number of likely N-dealkylation sites (tertiary alicyclic amines) is 1. The molecule has 1 unspecified atom stereocenters. The Morgan fingerprint density at radius 2 is 1.81 bits per heavy atom. The summed E-state index contributed by atoms with van der Waals surface area (Å²) in [6.45, 7) is 4.67. The van der Waals surface area contributed by atoms with Crippen LogP contribution in [0.3, 0.4) is 0 Å². The summed E-state index contributed by atoms with van der Waals surface area (Å²) < 4.78 is 7.65. The van der Waals surface area contributed by atoms with Crippen molar-refractivity contribution in [3.05, 3.63) is 107 Å². The summed E-state index contributed by atoms with van der Waals surface area (Å²) in [4.78, 5) is 32.9. The average molecular weight is 496 g/mol. The minimum Gasteiger partial charge on any atom is -0.505 e. The van der Waals surface area contributed by atoms with Gasteiger partial charge in [0.2, 0.25) is 0 Å². The van der Waals surface area contributed by atoms with E-state index in [2.05, 4.69) is 11.9 Å². The Bertz CT molecular complexity index is 1490. The van der Waals surface area contributed by atoms with Gasteiger partial charge in [-0.15, -0.1) is 0 Å². The van der Waals surface area contributed by atoms with E-state index in [0.717, 1.165) is 18.4 Å². The molecule has 0 saturated carbocycles. The molecule has 0 radical (unpaired) electrons. The number of aliphatic hydroxyl groups excluding tert-OH is 1. The lowest BCUT2D eigenvalue weighted by atomic mass is 9.96. The molecular weight excluding hydrogens is 466 g/mol. The largest absolute Gasteiger partial charge is 0.505 e.